The van der Waals surface area contributed by atoms with Crippen molar-refractivity contribution < 1.29 is 9.13 Å². The Kier molecular flexibility index (Phi) is 10.7. The Morgan fingerprint density at radius 3 is 2.62 bits per heavy atom. The number of benzene rings is 1. The number of aliphatic imine (C=N–C) groups is 1. The highest BCUT2D eigenvalue weighted by Gasteiger charge is 2.10. The molecule has 1 atom stereocenters. The highest BCUT2D eigenvalue weighted by molar-refractivity contribution is 14.0. The van der Waals surface area contributed by atoms with Gasteiger partial charge in [-0.2, -0.15) is 0 Å². The molecule has 0 fully saturated rings. The van der Waals surface area contributed by atoms with E-state index in [4.69, 9.17) is 4.74 Å². The summed E-state index contributed by atoms with van der Waals surface area (Å²) in [5.41, 5.74) is 0.904. The number of methoxy groups -OCH3 is 1. The molecule has 0 saturated heterocycles. The fourth-order valence-corrected chi connectivity index (χ4v) is 3.10. The van der Waals surface area contributed by atoms with Gasteiger partial charge in [0.25, 0.3) is 0 Å². The molecule has 5 nitrogen and oxygen atoms in total. The molecule has 26 heavy (non-hydrogen) atoms. The molecule has 8 heteroatoms. The van der Waals surface area contributed by atoms with Crippen molar-refractivity contribution in [1.29, 1.82) is 0 Å². The molecule has 144 valence electrons. The van der Waals surface area contributed by atoms with Crippen molar-refractivity contribution in [2.45, 2.75) is 26.4 Å². The molecule has 0 aliphatic carbocycles. The summed E-state index contributed by atoms with van der Waals surface area (Å²) >= 11 is 1.71. The summed E-state index contributed by atoms with van der Waals surface area (Å²) in [7, 11) is 1.63. The van der Waals surface area contributed by atoms with Gasteiger partial charge in [0.2, 0.25) is 0 Å². The fourth-order valence-electron chi connectivity index (χ4n) is 2.31. The minimum Gasteiger partial charge on any atom is -0.375 e. The molecule has 1 heterocycles. The van der Waals surface area contributed by atoms with Gasteiger partial charge in [-0.25, -0.2) is 9.37 Å². The van der Waals surface area contributed by atoms with Gasteiger partial charge in [-0.3, -0.25) is 4.99 Å². The zero-order chi connectivity index (χ0) is 18.1. The summed E-state index contributed by atoms with van der Waals surface area (Å²) in [6.07, 6.45) is 2.54. The molecule has 0 spiro atoms. The van der Waals surface area contributed by atoms with Crippen LogP contribution in [0.15, 0.2) is 35.5 Å². The van der Waals surface area contributed by atoms with Crippen molar-refractivity contribution in [3.8, 4) is 0 Å². The lowest BCUT2D eigenvalue weighted by molar-refractivity contribution is 0.111. The summed E-state index contributed by atoms with van der Waals surface area (Å²) < 4.78 is 18.5. The van der Waals surface area contributed by atoms with Gasteiger partial charge >= 0.3 is 0 Å². The molecule has 0 aliphatic heterocycles. The average Bonchev–Trinajstić information content (AvgIpc) is 3.02. The molecule has 2 aromatic rings. The van der Waals surface area contributed by atoms with Crippen molar-refractivity contribution in [1.82, 2.24) is 15.6 Å². The highest BCUT2D eigenvalue weighted by Crippen LogP contribution is 2.17. The lowest BCUT2D eigenvalue weighted by Crippen LogP contribution is -2.38. The Balaban J connectivity index is 0.00000338. The number of aromatic nitrogens is 1. The first-order chi connectivity index (χ1) is 12.1. The van der Waals surface area contributed by atoms with Crippen molar-refractivity contribution in [3.05, 3.63) is 51.7 Å². The number of hydrogen-bond donors (Lipinski definition) is 2. The number of guanidine groups is 1. The van der Waals surface area contributed by atoms with Crippen LogP contribution in [0, 0.1) is 12.7 Å². The Morgan fingerprint density at radius 2 is 2.04 bits per heavy atom. The summed E-state index contributed by atoms with van der Waals surface area (Å²) in [5, 5.41) is 7.64. The first-order valence-corrected chi connectivity index (χ1v) is 9.15. The van der Waals surface area contributed by atoms with Gasteiger partial charge in [0.15, 0.2) is 5.96 Å². The van der Waals surface area contributed by atoms with E-state index in [1.54, 1.807) is 30.6 Å². The van der Waals surface area contributed by atoms with Gasteiger partial charge in [0, 0.05) is 37.7 Å². The molecule has 0 amide bonds. The van der Waals surface area contributed by atoms with Gasteiger partial charge in [-0.1, -0.05) is 12.1 Å². The van der Waals surface area contributed by atoms with Crippen molar-refractivity contribution >= 4 is 41.3 Å². The summed E-state index contributed by atoms with van der Waals surface area (Å²) in [6, 6.07) is 6.32. The van der Waals surface area contributed by atoms with Gasteiger partial charge in [0.05, 0.1) is 11.6 Å². The quantitative estimate of drug-likeness (QED) is 0.335. The number of thiazole rings is 1. The van der Waals surface area contributed by atoms with E-state index in [1.165, 1.54) is 17.0 Å². The Morgan fingerprint density at radius 1 is 1.31 bits per heavy atom. The number of ether oxygens (including phenoxy) is 1. The van der Waals surface area contributed by atoms with Crippen molar-refractivity contribution in [3.63, 3.8) is 0 Å². The van der Waals surface area contributed by atoms with Crippen LogP contribution < -0.4 is 10.6 Å². The van der Waals surface area contributed by atoms with Crippen LogP contribution in [-0.4, -0.2) is 37.7 Å². The van der Waals surface area contributed by atoms with E-state index in [0.717, 1.165) is 36.0 Å². The number of nitrogens with zero attached hydrogens (tertiary/aromatic N) is 2. The van der Waals surface area contributed by atoms with Gasteiger partial charge in [-0.15, -0.1) is 35.3 Å². The SMILES string of the molecule is CCNC(=NCC(OC)c1ccc(F)cc1)NCCc1ncc(C)s1.I. The second-order valence-corrected chi connectivity index (χ2v) is 6.86. The van der Waals surface area contributed by atoms with Crippen LogP contribution in [-0.2, 0) is 11.2 Å². The molecular weight excluding hydrogens is 466 g/mol. The Bertz CT molecular complexity index is 678. The Hall–Kier alpha value is -1.26. The largest absolute Gasteiger partial charge is 0.375 e. The van der Waals surface area contributed by atoms with E-state index in [-0.39, 0.29) is 35.9 Å². The molecule has 0 radical (unpaired) electrons. The Labute approximate surface area is 175 Å². The predicted octanol–water partition coefficient (Wildman–Crippen LogP) is 3.69. The summed E-state index contributed by atoms with van der Waals surface area (Å²) in [4.78, 5) is 10.2. The number of aryl methyl sites for hydroxylation is 1. The van der Waals surface area contributed by atoms with Gasteiger partial charge < -0.3 is 15.4 Å². The monoisotopic (exact) mass is 492 g/mol. The normalized spacial score (nSPS) is 12.4. The van der Waals surface area contributed by atoms with Crippen LogP contribution in [0.25, 0.3) is 0 Å². The average molecular weight is 492 g/mol. The fraction of sp³-hybridized carbons (Fsp3) is 0.444. The third-order valence-electron chi connectivity index (χ3n) is 3.59. The first-order valence-electron chi connectivity index (χ1n) is 8.34. The minimum absolute atomic E-state index is 0. The molecule has 2 rings (SSSR count). The first kappa shape index (κ1) is 22.8. The lowest BCUT2D eigenvalue weighted by atomic mass is 10.1. The molecule has 1 unspecified atom stereocenters. The molecule has 2 N–H and O–H groups in total. The third kappa shape index (κ3) is 7.55. The second-order valence-electron chi connectivity index (χ2n) is 5.54. The van der Waals surface area contributed by atoms with Crippen LogP contribution in [0.5, 0.6) is 0 Å². The van der Waals surface area contributed by atoms with E-state index in [2.05, 4.69) is 27.5 Å². The molecule has 1 aromatic heterocycles. The number of rotatable bonds is 8. The van der Waals surface area contributed by atoms with Crippen LogP contribution in [0.1, 0.15) is 28.5 Å². The van der Waals surface area contributed by atoms with Gasteiger partial charge in [-0.05, 0) is 31.5 Å². The van der Waals surface area contributed by atoms with E-state index in [0.29, 0.717) is 6.54 Å². The smallest absolute Gasteiger partial charge is 0.191 e. The maximum atomic E-state index is 13.1. The third-order valence-corrected chi connectivity index (χ3v) is 4.56. The predicted molar refractivity (Wildman–Crippen MR) is 116 cm³/mol. The van der Waals surface area contributed by atoms with Crippen molar-refractivity contribution in [2.75, 3.05) is 26.7 Å². The molecule has 0 aliphatic rings. The zero-order valence-electron chi connectivity index (χ0n) is 15.3. The maximum absolute atomic E-state index is 13.1. The van der Waals surface area contributed by atoms with Crippen LogP contribution in [0.3, 0.4) is 0 Å². The number of halogens is 2. The van der Waals surface area contributed by atoms with E-state index in [1.807, 2.05) is 13.1 Å². The summed E-state index contributed by atoms with van der Waals surface area (Å²) in [5.74, 6) is 0.481. The highest BCUT2D eigenvalue weighted by atomic mass is 127. The minimum atomic E-state index is -0.255. The standard InChI is InChI=1S/C18H25FN4OS.HI/c1-4-20-18(21-10-9-17-22-11-13(2)25-17)23-12-16(24-3)14-5-7-15(19)8-6-14;/h5-8,11,16H,4,9-10,12H2,1-3H3,(H2,20,21,23);1H. The number of nitrogens with one attached hydrogen (secondary N) is 2. The molecule has 0 bridgehead atoms. The lowest BCUT2D eigenvalue weighted by Gasteiger charge is -2.16. The second kappa shape index (κ2) is 12.2. The summed E-state index contributed by atoms with van der Waals surface area (Å²) in [6.45, 7) is 6.06. The van der Waals surface area contributed by atoms with E-state index < -0.39 is 0 Å². The molecule has 1 aromatic carbocycles. The van der Waals surface area contributed by atoms with Gasteiger partial charge in [0.1, 0.15) is 11.9 Å². The zero-order valence-corrected chi connectivity index (χ0v) is 18.4. The number of hydrogen-bond acceptors (Lipinski definition) is 4. The van der Waals surface area contributed by atoms with Crippen molar-refractivity contribution in [2.24, 2.45) is 4.99 Å². The maximum Gasteiger partial charge on any atom is 0.191 e. The van der Waals surface area contributed by atoms with Crippen LogP contribution >= 0.6 is 35.3 Å². The molecule has 0 saturated carbocycles. The topological polar surface area (TPSA) is 58.5 Å². The molecular formula is C18H26FIN4OS. The van der Waals surface area contributed by atoms with E-state index >= 15 is 0 Å². The van der Waals surface area contributed by atoms with Crippen LogP contribution in [0.2, 0.25) is 0 Å². The van der Waals surface area contributed by atoms with Crippen LogP contribution in [0.4, 0.5) is 4.39 Å². The van der Waals surface area contributed by atoms with E-state index in [9.17, 15) is 4.39 Å².